The lowest BCUT2D eigenvalue weighted by Crippen LogP contribution is -2.37. The van der Waals surface area contributed by atoms with Crippen molar-refractivity contribution in [2.45, 2.75) is 33.6 Å². The molecule has 0 spiro atoms. The molecule has 0 fully saturated rings. The van der Waals surface area contributed by atoms with Crippen LogP contribution in [0.2, 0.25) is 5.02 Å². The molecule has 1 aromatic carbocycles. The Hall–Kier alpha value is -0.930. The third-order valence-corrected chi connectivity index (χ3v) is 3.92. The molecule has 0 aliphatic rings. The van der Waals surface area contributed by atoms with Crippen LogP contribution in [0.1, 0.15) is 32.8 Å². The highest BCUT2D eigenvalue weighted by molar-refractivity contribution is 7.80. The van der Waals surface area contributed by atoms with E-state index in [1.165, 1.54) is 0 Å². The van der Waals surface area contributed by atoms with Crippen LogP contribution >= 0.6 is 23.8 Å². The molecule has 0 heterocycles. The van der Waals surface area contributed by atoms with Crippen LogP contribution < -0.4 is 5.32 Å². The van der Waals surface area contributed by atoms with Gasteiger partial charge in [0.15, 0.2) is 0 Å². The third kappa shape index (κ3) is 5.22. The quantitative estimate of drug-likeness (QED) is 0.831. The van der Waals surface area contributed by atoms with Crippen LogP contribution in [-0.2, 0) is 11.2 Å². The minimum atomic E-state index is -0.107. The highest BCUT2D eigenvalue weighted by Gasteiger charge is 2.31. The van der Waals surface area contributed by atoms with Crippen molar-refractivity contribution in [2.24, 2.45) is 11.3 Å². The predicted molar refractivity (Wildman–Crippen MR) is 89.4 cm³/mol. The first-order valence-electron chi connectivity index (χ1n) is 6.71. The number of nitrogens with one attached hydrogen (secondary N) is 1. The monoisotopic (exact) mass is 311 g/mol. The molecule has 110 valence electrons. The average molecular weight is 312 g/mol. The number of halogens is 1. The smallest absolute Gasteiger partial charge is 0.223 e. The van der Waals surface area contributed by atoms with Gasteiger partial charge in [-0.15, -0.1) is 0 Å². The lowest BCUT2D eigenvalue weighted by Gasteiger charge is -2.29. The van der Waals surface area contributed by atoms with Gasteiger partial charge in [0.1, 0.15) is 0 Å². The molecule has 0 radical (unpaired) electrons. The lowest BCUT2D eigenvalue weighted by atomic mass is 9.77. The van der Waals surface area contributed by atoms with E-state index >= 15 is 0 Å². The molecule has 0 aliphatic heterocycles. The first-order chi connectivity index (χ1) is 9.24. The second-order valence-electron chi connectivity index (χ2n) is 6.08. The molecule has 1 amide bonds. The Bertz CT molecular complexity index is 476. The molecule has 0 aliphatic carbocycles. The van der Waals surface area contributed by atoms with E-state index in [4.69, 9.17) is 23.8 Å². The lowest BCUT2D eigenvalue weighted by molar-refractivity contribution is -0.127. The summed E-state index contributed by atoms with van der Waals surface area (Å²) in [7, 11) is 1.67. The molecule has 4 heteroatoms. The van der Waals surface area contributed by atoms with Gasteiger partial charge in [-0.05, 0) is 34.4 Å². The number of carbonyl (C=O) groups excluding carboxylic acids is 1. The summed E-state index contributed by atoms with van der Waals surface area (Å²) in [6.07, 6.45) is 1.33. The highest BCUT2D eigenvalue weighted by atomic mass is 35.5. The van der Waals surface area contributed by atoms with Gasteiger partial charge < -0.3 is 5.32 Å². The van der Waals surface area contributed by atoms with Gasteiger partial charge in [-0.1, -0.05) is 56.7 Å². The van der Waals surface area contributed by atoms with E-state index < -0.39 is 0 Å². The maximum absolute atomic E-state index is 12.0. The number of carbonyl (C=O) groups is 1. The van der Waals surface area contributed by atoms with E-state index in [9.17, 15) is 4.79 Å². The van der Waals surface area contributed by atoms with Gasteiger partial charge in [-0.2, -0.15) is 0 Å². The van der Waals surface area contributed by atoms with E-state index in [2.05, 4.69) is 26.1 Å². The molecule has 1 atom stereocenters. The molecule has 1 N–H and O–H groups in total. The van der Waals surface area contributed by atoms with Crippen LogP contribution in [0.5, 0.6) is 0 Å². The van der Waals surface area contributed by atoms with Gasteiger partial charge in [0.25, 0.3) is 0 Å². The first-order valence-corrected chi connectivity index (χ1v) is 7.50. The summed E-state index contributed by atoms with van der Waals surface area (Å²) in [6.45, 7) is 6.20. The molecule has 0 saturated carbocycles. The van der Waals surface area contributed by atoms with Crippen LogP contribution in [0.4, 0.5) is 0 Å². The zero-order chi connectivity index (χ0) is 15.3. The van der Waals surface area contributed by atoms with Crippen LogP contribution in [-0.4, -0.2) is 17.8 Å². The summed E-state index contributed by atoms with van der Waals surface area (Å²) >= 11 is 11.3. The van der Waals surface area contributed by atoms with Crippen molar-refractivity contribution in [3.63, 3.8) is 0 Å². The SMILES string of the molecule is CNC(=O)C(CC(=S)Cc1ccc(Cl)cc1)C(C)(C)C. The fourth-order valence-corrected chi connectivity index (χ4v) is 2.56. The molecule has 20 heavy (non-hydrogen) atoms. The maximum Gasteiger partial charge on any atom is 0.223 e. The fraction of sp³-hybridized carbons (Fsp3) is 0.500. The molecule has 1 aromatic rings. The zero-order valence-corrected chi connectivity index (χ0v) is 14.1. The van der Waals surface area contributed by atoms with Crippen LogP contribution in [0.25, 0.3) is 0 Å². The van der Waals surface area contributed by atoms with Gasteiger partial charge in [0, 0.05) is 24.4 Å². The van der Waals surface area contributed by atoms with E-state index in [1.54, 1.807) is 7.05 Å². The number of benzene rings is 1. The van der Waals surface area contributed by atoms with Gasteiger partial charge in [-0.25, -0.2) is 0 Å². The largest absolute Gasteiger partial charge is 0.359 e. The molecule has 1 rings (SSSR count). The van der Waals surface area contributed by atoms with Gasteiger partial charge in [0.2, 0.25) is 5.91 Å². The summed E-state index contributed by atoms with van der Waals surface area (Å²) in [5.41, 5.74) is 1.02. The summed E-state index contributed by atoms with van der Waals surface area (Å²) < 4.78 is 0. The van der Waals surface area contributed by atoms with E-state index in [1.807, 2.05) is 24.3 Å². The summed E-state index contributed by atoms with van der Waals surface area (Å²) in [6, 6.07) is 7.67. The Morgan fingerprint density at radius 3 is 2.30 bits per heavy atom. The molecule has 1 unspecified atom stereocenters. The van der Waals surface area contributed by atoms with Crippen molar-refractivity contribution in [3.8, 4) is 0 Å². The predicted octanol–water partition coefficient (Wildman–Crippen LogP) is 4.05. The van der Waals surface area contributed by atoms with Crippen molar-refractivity contribution >= 4 is 34.6 Å². The van der Waals surface area contributed by atoms with Crippen LogP contribution in [0.15, 0.2) is 24.3 Å². The Morgan fingerprint density at radius 2 is 1.85 bits per heavy atom. The van der Waals surface area contributed by atoms with Gasteiger partial charge in [0.05, 0.1) is 0 Å². The van der Waals surface area contributed by atoms with Crippen LogP contribution in [0.3, 0.4) is 0 Å². The normalized spacial score (nSPS) is 12.8. The molecule has 0 bridgehead atoms. The standard InChI is InChI=1S/C16H22ClNOS/c1-16(2,3)14(15(19)18-4)10-13(20)9-11-5-7-12(17)8-6-11/h5-8,14H,9-10H2,1-4H3,(H,18,19). The summed E-state index contributed by atoms with van der Waals surface area (Å²) in [5, 5.41) is 3.45. The van der Waals surface area contributed by atoms with Crippen molar-refractivity contribution in [1.82, 2.24) is 5.32 Å². The second kappa shape index (κ2) is 7.19. The third-order valence-electron chi connectivity index (χ3n) is 3.35. The van der Waals surface area contributed by atoms with Crippen molar-refractivity contribution in [2.75, 3.05) is 7.05 Å². The molecular formula is C16H22ClNOS. The summed E-state index contributed by atoms with van der Waals surface area (Å²) in [4.78, 5) is 12.9. The molecule has 2 nitrogen and oxygen atoms in total. The van der Waals surface area contributed by atoms with Crippen LogP contribution in [0, 0.1) is 11.3 Å². The average Bonchev–Trinajstić information content (AvgIpc) is 2.36. The van der Waals surface area contributed by atoms with E-state index in [0.29, 0.717) is 12.8 Å². The topological polar surface area (TPSA) is 29.1 Å². The first kappa shape index (κ1) is 17.1. The Labute approximate surface area is 131 Å². The van der Waals surface area contributed by atoms with E-state index in [0.717, 1.165) is 15.5 Å². The minimum Gasteiger partial charge on any atom is -0.359 e. The molecular weight excluding hydrogens is 290 g/mol. The van der Waals surface area contributed by atoms with Crippen molar-refractivity contribution < 1.29 is 4.79 Å². The molecule has 0 aromatic heterocycles. The fourth-order valence-electron chi connectivity index (χ4n) is 2.10. The Balaban J connectivity index is 2.72. The van der Waals surface area contributed by atoms with Crippen molar-refractivity contribution in [1.29, 1.82) is 0 Å². The van der Waals surface area contributed by atoms with Crippen molar-refractivity contribution in [3.05, 3.63) is 34.9 Å². The summed E-state index contributed by atoms with van der Waals surface area (Å²) in [5.74, 6) is -0.0525. The highest BCUT2D eigenvalue weighted by Crippen LogP contribution is 2.30. The number of amides is 1. The maximum atomic E-state index is 12.0. The Morgan fingerprint density at radius 1 is 1.30 bits per heavy atom. The number of hydrogen-bond donors (Lipinski definition) is 1. The second-order valence-corrected chi connectivity index (χ2v) is 7.09. The minimum absolute atomic E-state index is 0.0518. The molecule has 0 saturated heterocycles. The number of rotatable bonds is 5. The Kier molecular flexibility index (Phi) is 6.15. The number of hydrogen-bond acceptors (Lipinski definition) is 2. The van der Waals surface area contributed by atoms with E-state index in [-0.39, 0.29) is 17.2 Å². The zero-order valence-electron chi connectivity index (χ0n) is 12.5. The van der Waals surface area contributed by atoms with Gasteiger partial charge >= 0.3 is 0 Å². The number of thiocarbonyl (C=S) groups is 1. The van der Waals surface area contributed by atoms with Gasteiger partial charge in [-0.3, -0.25) is 4.79 Å².